The number of allylic oxidation sites excluding steroid dienone is 1. The number of sulfonamides is 1. The molecule has 4 aromatic rings. The minimum Gasteiger partial charge on any atom is -0.496 e. The molecule has 0 saturated heterocycles. The zero-order chi connectivity index (χ0) is 27.3. The fourth-order valence-electron chi connectivity index (χ4n) is 3.87. The molecule has 1 amide bonds. The number of ether oxygens (including phenoxy) is 3. The number of nitrogens with one attached hydrogen (secondary N) is 2. The van der Waals surface area contributed by atoms with Crippen molar-refractivity contribution < 1.29 is 32.2 Å². The molecule has 0 fully saturated rings. The molecule has 4 rings (SSSR count). The van der Waals surface area contributed by atoms with Crippen LogP contribution in [0.5, 0.6) is 11.5 Å². The molecule has 1 aromatic heterocycles. The van der Waals surface area contributed by atoms with Gasteiger partial charge in [0.05, 0.1) is 31.4 Å². The average molecular weight is 574 g/mol. The van der Waals surface area contributed by atoms with Crippen LogP contribution in [0, 0.1) is 0 Å². The van der Waals surface area contributed by atoms with E-state index in [0.717, 1.165) is 22.2 Å². The number of para-hydroxylation sites is 1. The molecule has 0 unspecified atom stereocenters. The number of ketones is 1. The first-order chi connectivity index (χ1) is 18.2. The van der Waals surface area contributed by atoms with E-state index in [1.807, 2.05) is 36.4 Å². The number of carbonyl (C=O) groups is 2. The van der Waals surface area contributed by atoms with Crippen LogP contribution in [0.25, 0.3) is 28.2 Å². The van der Waals surface area contributed by atoms with Gasteiger partial charge in [0.25, 0.3) is 10.0 Å². The van der Waals surface area contributed by atoms with Crippen LogP contribution in [0.2, 0.25) is 0 Å². The molecule has 9 nitrogen and oxygen atoms in total. The summed E-state index contributed by atoms with van der Waals surface area (Å²) in [7, 11) is -1.02. The molecule has 39 heavy (non-hydrogen) atoms. The van der Waals surface area contributed by atoms with Crippen molar-refractivity contribution in [2.24, 2.45) is 0 Å². The standard InChI is InChI=1S/C28H26N2O7S.K/c1-4-37-28(32)30-38(33,34)21-12-9-18(10-13-21)25(31)14-11-20-15-22(27(36-3)17-26(20)35-2)24-16-19-7-5-6-8-23(19)29-24;/h5-17,29H,4H2,1-3H3,(H,30,32);. The van der Waals surface area contributed by atoms with Gasteiger partial charge >= 0.3 is 6.09 Å². The molecule has 0 bridgehead atoms. The molecule has 0 aliphatic heterocycles. The van der Waals surface area contributed by atoms with Gasteiger partial charge in [0.2, 0.25) is 0 Å². The summed E-state index contributed by atoms with van der Waals surface area (Å²) in [5, 5.41) is 1.05. The summed E-state index contributed by atoms with van der Waals surface area (Å²) in [4.78, 5) is 27.5. The Balaban J connectivity index is 0.00000420. The normalized spacial score (nSPS) is 11.2. The van der Waals surface area contributed by atoms with E-state index >= 15 is 0 Å². The maximum Gasteiger partial charge on any atom is 0.421 e. The van der Waals surface area contributed by atoms with Crippen LogP contribution in [-0.4, -0.2) is 97.5 Å². The van der Waals surface area contributed by atoms with Crippen molar-refractivity contribution in [1.82, 2.24) is 9.71 Å². The molecule has 2 N–H and O–H groups in total. The van der Waals surface area contributed by atoms with Crippen molar-refractivity contribution in [3.8, 4) is 22.8 Å². The number of H-pyrrole nitrogens is 1. The number of benzene rings is 3. The van der Waals surface area contributed by atoms with Gasteiger partial charge in [0.1, 0.15) is 11.5 Å². The molecule has 197 valence electrons. The van der Waals surface area contributed by atoms with Crippen molar-refractivity contribution in [3.63, 3.8) is 0 Å². The summed E-state index contributed by atoms with van der Waals surface area (Å²) in [6.07, 6.45) is 1.93. The van der Waals surface area contributed by atoms with Gasteiger partial charge in [-0.25, -0.2) is 17.9 Å². The van der Waals surface area contributed by atoms with Crippen LogP contribution in [0.4, 0.5) is 4.79 Å². The molecule has 1 heterocycles. The number of aromatic amines is 1. The summed E-state index contributed by atoms with van der Waals surface area (Å²) >= 11 is 0. The molecular weight excluding hydrogens is 547 g/mol. The van der Waals surface area contributed by atoms with Gasteiger partial charge in [-0.1, -0.05) is 18.2 Å². The van der Waals surface area contributed by atoms with Crippen LogP contribution < -0.4 is 14.2 Å². The van der Waals surface area contributed by atoms with E-state index in [9.17, 15) is 18.0 Å². The maximum absolute atomic E-state index is 12.8. The Hall–Kier alpha value is -2.93. The van der Waals surface area contributed by atoms with Crippen molar-refractivity contribution in [1.29, 1.82) is 0 Å². The van der Waals surface area contributed by atoms with Crippen molar-refractivity contribution in [2.75, 3.05) is 20.8 Å². The van der Waals surface area contributed by atoms with Gasteiger partial charge in [-0.2, -0.15) is 0 Å². The number of hydrogen-bond donors (Lipinski definition) is 2. The van der Waals surface area contributed by atoms with E-state index in [1.165, 1.54) is 37.5 Å². The molecule has 0 saturated carbocycles. The minimum atomic E-state index is -4.12. The van der Waals surface area contributed by atoms with Crippen molar-refractivity contribution in [2.45, 2.75) is 11.8 Å². The third-order valence-electron chi connectivity index (χ3n) is 5.73. The number of fused-ring (bicyclic) bond motifs is 1. The Kier molecular flexibility index (Phi) is 10.5. The van der Waals surface area contributed by atoms with Crippen molar-refractivity contribution >= 4 is 90.3 Å². The Labute approximate surface area is 269 Å². The Bertz CT molecular complexity index is 1590. The maximum atomic E-state index is 12.8. The number of rotatable bonds is 9. The quantitative estimate of drug-likeness (QED) is 0.167. The van der Waals surface area contributed by atoms with Crippen molar-refractivity contribution in [3.05, 3.63) is 83.9 Å². The van der Waals surface area contributed by atoms with Crippen LogP contribution in [0.1, 0.15) is 22.8 Å². The van der Waals surface area contributed by atoms with E-state index in [2.05, 4.69) is 9.72 Å². The van der Waals surface area contributed by atoms with Crippen LogP contribution >= 0.6 is 0 Å². The molecule has 3 aromatic carbocycles. The summed E-state index contributed by atoms with van der Waals surface area (Å²) < 4.78 is 42.1. The Morgan fingerprint density at radius 2 is 1.64 bits per heavy atom. The minimum absolute atomic E-state index is 0. The summed E-state index contributed by atoms with van der Waals surface area (Å²) in [6, 6.07) is 18.8. The second-order valence-corrected chi connectivity index (χ2v) is 9.80. The van der Waals surface area contributed by atoms with Gasteiger partial charge in [-0.15, -0.1) is 0 Å². The zero-order valence-corrected chi connectivity index (χ0v) is 25.9. The first kappa shape index (κ1) is 30.6. The predicted molar refractivity (Wildman–Crippen MR) is 150 cm³/mol. The van der Waals surface area contributed by atoms with E-state index in [-0.39, 0.29) is 74.2 Å². The second kappa shape index (κ2) is 13.4. The summed E-state index contributed by atoms with van der Waals surface area (Å²) in [6.45, 7) is 1.59. The fraction of sp³-hybridized carbons (Fsp3) is 0.143. The van der Waals surface area contributed by atoms with Crippen LogP contribution in [-0.2, 0) is 14.8 Å². The van der Waals surface area contributed by atoms with E-state index in [4.69, 9.17) is 9.47 Å². The van der Waals surface area contributed by atoms with Crippen LogP contribution in [0.15, 0.2) is 77.7 Å². The van der Waals surface area contributed by atoms with E-state index in [1.54, 1.807) is 30.9 Å². The van der Waals surface area contributed by atoms with Gasteiger partial charge in [0.15, 0.2) is 5.78 Å². The predicted octanol–water partition coefficient (Wildman–Crippen LogP) is 4.80. The third-order valence-corrected chi connectivity index (χ3v) is 7.06. The number of carbonyl (C=O) groups excluding carboxylic acids is 2. The Morgan fingerprint density at radius 3 is 2.28 bits per heavy atom. The van der Waals surface area contributed by atoms with E-state index in [0.29, 0.717) is 17.1 Å². The smallest absolute Gasteiger partial charge is 0.421 e. The first-order valence-electron chi connectivity index (χ1n) is 11.6. The molecule has 0 atom stereocenters. The second-order valence-electron chi connectivity index (χ2n) is 8.11. The number of amides is 1. The number of aromatic nitrogens is 1. The van der Waals surface area contributed by atoms with E-state index < -0.39 is 16.1 Å². The summed E-state index contributed by atoms with van der Waals surface area (Å²) in [5.41, 5.74) is 3.53. The third kappa shape index (κ3) is 7.18. The van der Waals surface area contributed by atoms with Gasteiger partial charge in [-0.3, -0.25) is 4.79 Å². The molecule has 0 spiro atoms. The number of hydrogen-bond acceptors (Lipinski definition) is 7. The number of methoxy groups -OCH3 is 2. The van der Waals surface area contributed by atoms with Crippen LogP contribution in [0.3, 0.4) is 0 Å². The van der Waals surface area contributed by atoms with Gasteiger partial charge < -0.3 is 19.2 Å². The molecule has 0 aliphatic carbocycles. The largest absolute Gasteiger partial charge is 0.496 e. The molecule has 11 heteroatoms. The zero-order valence-electron chi connectivity index (χ0n) is 22.0. The van der Waals surface area contributed by atoms with Gasteiger partial charge in [-0.05, 0) is 61.5 Å². The van der Waals surface area contributed by atoms with Gasteiger partial charge in [0, 0.05) is 85.0 Å². The molecule has 0 aliphatic rings. The molecular formula is C28H26KN2O7S. The fourth-order valence-corrected chi connectivity index (χ4v) is 4.76. The topological polar surface area (TPSA) is 124 Å². The monoisotopic (exact) mass is 573 g/mol. The summed E-state index contributed by atoms with van der Waals surface area (Å²) in [5.74, 6) is 0.764. The average Bonchev–Trinajstić information content (AvgIpc) is 3.35. The first-order valence-corrected chi connectivity index (χ1v) is 13.1. The Morgan fingerprint density at radius 1 is 0.949 bits per heavy atom. The SMILES string of the molecule is CCOC(=O)NS(=O)(=O)c1ccc(C(=O)C=Cc2cc(-c3cc4ccccc4[nH]3)c(OC)cc2OC)cc1.[K]. The molecule has 1 radical (unpaired) electrons.